The van der Waals surface area contributed by atoms with Crippen LogP contribution in [0, 0.1) is 9.16 Å². The van der Waals surface area contributed by atoms with Crippen LogP contribution in [0.5, 0.6) is 0 Å². The molecule has 34 heavy (non-hydrogen) atoms. The summed E-state index contributed by atoms with van der Waals surface area (Å²) in [5, 5.41) is 0. The zero-order chi connectivity index (χ0) is 22.4. The van der Waals surface area contributed by atoms with E-state index >= 15 is 0 Å². The van der Waals surface area contributed by atoms with Crippen molar-refractivity contribution in [3.63, 3.8) is 0 Å². The van der Waals surface area contributed by atoms with Gasteiger partial charge in [-0.05, 0) is 19.6 Å². The summed E-state index contributed by atoms with van der Waals surface area (Å²) in [6.45, 7) is 4.32. The van der Waals surface area contributed by atoms with Crippen molar-refractivity contribution < 1.29 is 17.1 Å². The van der Waals surface area contributed by atoms with E-state index in [1.54, 1.807) is 0 Å². The molecule has 0 aromatic heterocycles. The standard InChI is InChI=1S/2C14H13S2.Cu.Li/c2*1-12(15-13-8-4-2-5-9-13)16-14-10-6-3-7-11-14;;/h2*2-11H,1H3;;/q2*-1;+2;. The number of thioether (sulfide) groups is 4. The summed E-state index contributed by atoms with van der Waals surface area (Å²) in [6.07, 6.45) is 0. The van der Waals surface area contributed by atoms with Crippen LogP contribution in [0.2, 0.25) is 0 Å². The molecule has 0 heterocycles. The van der Waals surface area contributed by atoms with Crippen molar-refractivity contribution in [2.45, 2.75) is 33.4 Å². The van der Waals surface area contributed by atoms with Gasteiger partial charge >= 0.3 is 17.1 Å². The average Bonchev–Trinajstić information content (AvgIpc) is 2.82. The van der Waals surface area contributed by atoms with Crippen LogP contribution in [-0.2, 0) is 17.1 Å². The van der Waals surface area contributed by atoms with E-state index in [1.165, 1.54) is 28.7 Å². The van der Waals surface area contributed by atoms with Gasteiger partial charge in [0.2, 0.25) is 0 Å². The van der Waals surface area contributed by atoms with Gasteiger partial charge in [-0.25, -0.2) is 0 Å². The topological polar surface area (TPSA) is 0 Å². The molecule has 0 saturated heterocycles. The van der Waals surface area contributed by atoms with Crippen LogP contribution in [0.1, 0.15) is 13.8 Å². The van der Waals surface area contributed by atoms with Gasteiger partial charge in [0.1, 0.15) is 0 Å². The summed E-state index contributed by atoms with van der Waals surface area (Å²) in [6, 6.07) is 41.9. The molecule has 0 saturated carbocycles. The summed E-state index contributed by atoms with van der Waals surface area (Å²) in [5.41, 5.74) is 0. The second kappa shape index (κ2) is 18.6. The Balaban J connectivity index is 0.000000321. The third-order valence-electron chi connectivity index (χ3n) is 4.02. The maximum absolute atomic E-state index is 2.16. The second-order valence-corrected chi connectivity index (χ2v) is 12.3. The van der Waals surface area contributed by atoms with Gasteiger partial charge < -0.3 is 47.0 Å². The van der Waals surface area contributed by atoms with Gasteiger partial charge in [0.15, 0.2) is 0 Å². The molecule has 0 aliphatic carbocycles. The van der Waals surface area contributed by atoms with E-state index in [9.17, 15) is 0 Å². The molecule has 0 unspecified atom stereocenters. The molecule has 0 nitrogen and oxygen atoms in total. The normalized spacial score (nSPS) is 10.0. The molecule has 0 spiro atoms. The van der Waals surface area contributed by atoms with Crippen LogP contribution in [0.25, 0.3) is 0 Å². The van der Waals surface area contributed by atoms with Crippen molar-refractivity contribution in [1.29, 1.82) is 0 Å². The zero-order valence-corrected chi connectivity index (χ0v) is 23.7. The maximum Gasteiger partial charge on any atom is 2.00 e. The molecular formula is C28H26CuLiS4. The summed E-state index contributed by atoms with van der Waals surface area (Å²) in [4.78, 5) is 5.18. The van der Waals surface area contributed by atoms with Crippen molar-refractivity contribution in [2.75, 3.05) is 0 Å². The number of hydrogen-bond acceptors (Lipinski definition) is 4. The molecule has 0 N–H and O–H groups in total. The minimum atomic E-state index is 0. The predicted octanol–water partition coefficient (Wildman–Crippen LogP) is 9.78. The van der Waals surface area contributed by atoms with E-state index in [1.807, 2.05) is 71.3 Å². The first-order chi connectivity index (χ1) is 15.7. The fraction of sp³-hybridized carbons (Fsp3) is 0.0714. The Morgan fingerprint density at radius 2 is 0.559 bits per heavy atom. The van der Waals surface area contributed by atoms with Gasteiger partial charge in [0.05, 0.1) is 0 Å². The maximum atomic E-state index is 2.16. The van der Waals surface area contributed by atoms with Crippen LogP contribution in [0.4, 0.5) is 0 Å². The van der Waals surface area contributed by atoms with Crippen molar-refractivity contribution in [1.82, 2.24) is 0 Å². The van der Waals surface area contributed by atoms with Crippen molar-refractivity contribution in [2.24, 2.45) is 0 Å². The van der Waals surface area contributed by atoms with E-state index in [0.29, 0.717) is 0 Å². The minimum absolute atomic E-state index is 0. The van der Waals surface area contributed by atoms with Crippen LogP contribution < -0.4 is 0 Å². The molecule has 2 radical (unpaired) electrons. The Morgan fingerprint density at radius 3 is 0.735 bits per heavy atom. The monoisotopic (exact) mass is 560 g/mol. The first-order valence-corrected chi connectivity index (χ1v) is 13.5. The molecule has 0 fully saturated rings. The van der Waals surface area contributed by atoms with Crippen LogP contribution in [0.3, 0.4) is 0 Å². The molecule has 0 aliphatic heterocycles. The predicted molar refractivity (Wildman–Crippen MR) is 153 cm³/mol. The number of benzene rings is 4. The third kappa shape index (κ3) is 12.9. The van der Waals surface area contributed by atoms with Gasteiger partial charge in [0, 0.05) is 18.9 Å². The van der Waals surface area contributed by atoms with E-state index in [4.69, 9.17) is 0 Å². The Hall–Kier alpha value is -0.603. The quantitative estimate of drug-likeness (QED) is 0.119. The van der Waals surface area contributed by atoms with Gasteiger partial charge in [-0.2, -0.15) is 23.0 Å². The largest absolute Gasteiger partial charge is 2.00 e. The van der Waals surface area contributed by atoms with E-state index in [-0.39, 0.29) is 35.9 Å². The van der Waals surface area contributed by atoms with Crippen molar-refractivity contribution in [3.05, 3.63) is 130 Å². The first kappa shape index (κ1) is 31.4. The smallest absolute Gasteiger partial charge is 0.302 e. The fourth-order valence-electron chi connectivity index (χ4n) is 2.66. The SMILES string of the molecule is C[C-](Sc1ccccc1)Sc1ccccc1.C[C-](Sc1ccccc1)Sc1ccccc1.[Cu+2].[Li]. The Labute approximate surface area is 244 Å². The fourth-order valence-corrected chi connectivity index (χ4v) is 6.65. The third-order valence-corrected chi connectivity index (χ3v) is 8.20. The van der Waals surface area contributed by atoms with Crippen LogP contribution in [0.15, 0.2) is 141 Å². The molecule has 0 bridgehead atoms. The van der Waals surface area contributed by atoms with E-state index < -0.39 is 0 Å². The summed E-state index contributed by atoms with van der Waals surface area (Å²) < 4.78 is 2.69. The molecule has 4 aromatic carbocycles. The van der Waals surface area contributed by atoms with Crippen LogP contribution in [-0.4, -0.2) is 18.9 Å². The van der Waals surface area contributed by atoms with Crippen LogP contribution >= 0.6 is 47.0 Å². The summed E-state index contributed by atoms with van der Waals surface area (Å²) in [5.74, 6) is 0. The molecule has 4 aromatic rings. The van der Waals surface area contributed by atoms with E-state index in [0.717, 1.165) is 0 Å². The molecule has 6 heteroatoms. The van der Waals surface area contributed by atoms with Crippen molar-refractivity contribution >= 4 is 65.9 Å². The molecule has 0 atom stereocenters. The minimum Gasteiger partial charge on any atom is -0.302 e. The molecule has 4 rings (SSSR count). The first-order valence-electron chi connectivity index (χ1n) is 10.3. The number of hydrogen-bond donors (Lipinski definition) is 0. The van der Waals surface area contributed by atoms with Crippen molar-refractivity contribution in [3.8, 4) is 0 Å². The molecule has 0 amide bonds. The second-order valence-electron chi connectivity index (χ2n) is 6.64. The Kier molecular flexibility index (Phi) is 17.2. The van der Waals surface area contributed by atoms with E-state index in [2.05, 4.69) is 111 Å². The average molecular weight is 561 g/mol. The number of rotatable bonds is 8. The zero-order valence-electron chi connectivity index (χ0n) is 19.5. The van der Waals surface area contributed by atoms with Gasteiger partial charge in [-0.1, -0.05) is 121 Å². The van der Waals surface area contributed by atoms with Gasteiger partial charge in [-0.3, -0.25) is 0 Å². The summed E-state index contributed by atoms with van der Waals surface area (Å²) >= 11 is 7.27. The summed E-state index contributed by atoms with van der Waals surface area (Å²) in [7, 11) is 0. The molecule has 0 aliphatic rings. The Morgan fingerprint density at radius 1 is 0.382 bits per heavy atom. The van der Waals surface area contributed by atoms with Gasteiger partial charge in [0.25, 0.3) is 0 Å². The molecule has 174 valence electrons. The Bertz CT molecular complexity index is 838. The van der Waals surface area contributed by atoms with Gasteiger partial charge in [-0.15, -0.1) is 0 Å². The molecular weight excluding hydrogens is 535 g/mol.